The first-order valence-corrected chi connectivity index (χ1v) is 7.98. The Labute approximate surface area is 142 Å². The summed E-state index contributed by atoms with van der Waals surface area (Å²) in [5.74, 6) is 0. The standard InChI is InChI=1S/C21H19N3/c1-24(16-4-14-22)19-11-8-17(9-12-19)7-10-18-13-15-23-21-6-3-2-5-20(18)21/h2-3,5-13,15H,4,16H2,1H3/b10-7-. The highest BCUT2D eigenvalue weighted by Crippen LogP contribution is 2.20. The van der Waals surface area contributed by atoms with Gasteiger partial charge in [-0.05, 0) is 35.4 Å². The Morgan fingerprint density at radius 2 is 1.83 bits per heavy atom. The van der Waals surface area contributed by atoms with E-state index < -0.39 is 0 Å². The van der Waals surface area contributed by atoms with Gasteiger partial charge in [0, 0.05) is 30.9 Å². The molecule has 24 heavy (non-hydrogen) atoms. The molecule has 0 bridgehead atoms. The van der Waals surface area contributed by atoms with Crippen LogP contribution >= 0.6 is 0 Å². The molecule has 3 nitrogen and oxygen atoms in total. The first-order valence-electron chi connectivity index (χ1n) is 7.98. The molecule has 0 saturated carbocycles. The summed E-state index contributed by atoms with van der Waals surface area (Å²) in [6.07, 6.45) is 6.61. The molecular formula is C21H19N3. The van der Waals surface area contributed by atoms with Crippen LogP contribution in [0, 0.1) is 11.3 Å². The van der Waals surface area contributed by atoms with Gasteiger partial charge < -0.3 is 4.90 Å². The molecule has 0 saturated heterocycles. The molecule has 0 aliphatic carbocycles. The molecule has 0 radical (unpaired) electrons. The third kappa shape index (κ3) is 3.61. The summed E-state index contributed by atoms with van der Waals surface area (Å²) in [4.78, 5) is 6.48. The summed E-state index contributed by atoms with van der Waals surface area (Å²) in [6, 6.07) is 20.7. The normalized spacial score (nSPS) is 10.8. The van der Waals surface area contributed by atoms with Gasteiger partial charge in [-0.2, -0.15) is 5.26 Å². The van der Waals surface area contributed by atoms with Gasteiger partial charge in [0.1, 0.15) is 0 Å². The highest BCUT2D eigenvalue weighted by Gasteiger charge is 2.00. The van der Waals surface area contributed by atoms with Crippen molar-refractivity contribution in [3.8, 4) is 6.07 Å². The number of nitriles is 1. The lowest BCUT2D eigenvalue weighted by atomic mass is 10.1. The summed E-state index contributed by atoms with van der Waals surface area (Å²) >= 11 is 0. The van der Waals surface area contributed by atoms with Crippen molar-refractivity contribution in [1.29, 1.82) is 5.26 Å². The van der Waals surface area contributed by atoms with E-state index in [-0.39, 0.29) is 0 Å². The van der Waals surface area contributed by atoms with Crippen molar-refractivity contribution >= 4 is 28.7 Å². The topological polar surface area (TPSA) is 39.9 Å². The molecule has 2 aromatic carbocycles. The molecule has 1 heterocycles. The number of hydrogen-bond donors (Lipinski definition) is 0. The average Bonchev–Trinajstić information content (AvgIpc) is 2.64. The minimum atomic E-state index is 0.535. The third-order valence-corrected chi connectivity index (χ3v) is 4.03. The molecule has 1 aromatic heterocycles. The smallest absolute Gasteiger partial charge is 0.0707 e. The summed E-state index contributed by atoms with van der Waals surface area (Å²) in [5, 5.41) is 9.83. The zero-order valence-electron chi connectivity index (χ0n) is 13.7. The quantitative estimate of drug-likeness (QED) is 0.682. The molecule has 0 atom stereocenters. The lowest BCUT2D eigenvalue weighted by molar-refractivity contribution is 0.905. The Morgan fingerprint density at radius 3 is 2.62 bits per heavy atom. The Bertz CT molecular complexity index is 884. The first-order chi connectivity index (χ1) is 11.8. The molecule has 0 fully saturated rings. The highest BCUT2D eigenvalue weighted by atomic mass is 15.1. The summed E-state index contributed by atoms with van der Waals surface area (Å²) < 4.78 is 0. The Hall–Kier alpha value is -3.12. The zero-order chi connectivity index (χ0) is 16.8. The third-order valence-electron chi connectivity index (χ3n) is 4.03. The number of benzene rings is 2. The van der Waals surface area contributed by atoms with E-state index in [0.29, 0.717) is 6.42 Å². The van der Waals surface area contributed by atoms with E-state index >= 15 is 0 Å². The maximum Gasteiger partial charge on any atom is 0.0707 e. The molecule has 0 N–H and O–H groups in total. The van der Waals surface area contributed by atoms with Gasteiger partial charge in [0.25, 0.3) is 0 Å². The van der Waals surface area contributed by atoms with Crippen molar-refractivity contribution in [1.82, 2.24) is 4.98 Å². The predicted molar refractivity (Wildman–Crippen MR) is 101 cm³/mol. The van der Waals surface area contributed by atoms with Crippen molar-refractivity contribution in [2.24, 2.45) is 0 Å². The van der Waals surface area contributed by atoms with Gasteiger partial charge in [-0.25, -0.2) is 0 Å². The van der Waals surface area contributed by atoms with Gasteiger partial charge >= 0.3 is 0 Å². The number of fused-ring (bicyclic) bond motifs is 1. The number of nitrogens with zero attached hydrogens (tertiary/aromatic N) is 3. The lowest BCUT2D eigenvalue weighted by Crippen LogP contribution is -2.17. The van der Waals surface area contributed by atoms with Crippen molar-refractivity contribution < 1.29 is 0 Å². The van der Waals surface area contributed by atoms with Crippen LogP contribution in [0.2, 0.25) is 0 Å². The number of pyridine rings is 1. The van der Waals surface area contributed by atoms with Crippen LogP contribution in [0.1, 0.15) is 17.5 Å². The van der Waals surface area contributed by atoms with Crippen LogP contribution in [0.3, 0.4) is 0 Å². The fourth-order valence-corrected chi connectivity index (χ4v) is 2.64. The molecule has 0 spiro atoms. The molecule has 118 valence electrons. The van der Waals surface area contributed by atoms with Gasteiger partial charge in [-0.15, -0.1) is 0 Å². The molecule has 3 aromatic rings. The van der Waals surface area contributed by atoms with Crippen LogP contribution in [0.15, 0.2) is 60.8 Å². The Balaban J connectivity index is 1.78. The first kappa shape index (κ1) is 15.8. The number of anilines is 1. The van der Waals surface area contributed by atoms with Crippen LogP contribution in [0.4, 0.5) is 5.69 Å². The van der Waals surface area contributed by atoms with E-state index in [2.05, 4.69) is 58.4 Å². The minimum absolute atomic E-state index is 0.535. The molecule has 0 aliphatic heterocycles. The second kappa shape index (κ2) is 7.43. The minimum Gasteiger partial charge on any atom is -0.374 e. The monoisotopic (exact) mass is 313 g/mol. The van der Waals surface area contributed by atoms with Crippen molar-refractivity contribution in [2.45, 2.75) is 6.42 Å². The molecular weight excluding hydrogens is 294 g/mol. The van der Waals surface area contributed by atoms with Crippen molar-refractivity contribution in [3.63, 3.8) is 0 Å². The number of rotatable bonds is 5. The van der Waals surface area contributed by atoms with E-state index in [9.17, 15) is 0 Å². The van der Waals surface area contributed by atoms with Gasteiger partial charge in [-0.3, -0.25) is 4.98 Å². The van der Waals surface area contributed by atoms with E-state index in [1.54, 1.807) is 0 Å². The SMILES string of the molecule is CN(CCC#N)c1ccc(/C=C\c2ccnc3ccccc23)cc1. The highest BCUT2D eigenvalue weighted by molar-refractivity contribution is 5.90. The number of para-hydroxylation sites is 1. The van der Waals surface area contributed by atoms with E-state index in [0.717, 1.165) is 34.3 Å². The maximum absolute atomic E-state index is 8.67. The lowest BCUT2D eigenvalue weighted by Gasteiger charge is -2.17. The predicted octanol–water partition coefficient (Wildman–Crippen LogP) is 4.76. The average molecular weight is 313 g/mol. The molecule has 0 aliphatic rings. The van der Waals surface area contributed by atoms with E-state index in [4.69, 9.17) is 5.26 Å². The van der Waals surface area contributed by atoms with Crippen LogP contribution in [-0.2, 0) is 0 Å². The van der Waals surface area contributed by atoms with Crippen molar-refractivity contribution in [2.75, 3.05) is 18.5 Å². The summed E-state index contributed by atoms with van der Waals surface area (Å²) in [6.45, 7) is 0.745. The second-order valence-corrected chi connectivity index (χ2v) is 5.67. The van der Waals surface area contributed by atoms with Crippen LogP contribution in [0.5, 0.6) is 0 Å². The maximum atomic E-state index is 8.67. The molecule has 3 heteroatoms. The van der Waals surface area contributed by atoms with Gasteiger partial charge in [-0.1, -0.05) is 42.5 Å². The van der Waals surface area contributed by atoms with Gasteiger partial charge in [0.2, 0.25) is 0 Å². The largest absolute Gasteiger partial charge is 0.374 e. The fraction of sp³-hybridized carbons (Fsp3) is 0.143. The summed E-state index contributed by atoms with van der Waals surface area (Å²) in [5.41, 5.74) is 4.44. The van der Waals surface area contributed by atoms with Gasteiger partial charge in [0.15, 0.2) is 0 Å². The van der Waals surface area contributed by atoms with Crippen LogP contribution in [-0.4, -0.2) is 18.6 Å². The fourth-order valence-electron chi connectivity index (χ4n) is 2.64. The van der Waals surface area contributed by atoms with E-state index in [1.807, 2.05) is 37.5 Å². The molecule has 3 rings (SSSR count). The number of hydrogen-bond acceptors (Lipinski definition) is 3. The van der Waals surface area contributed by atoms with Gasteiger partial charge in [0.05, 0.1) is 18.0 Å². The second-order valence-electron chi connectivity index (χ2n) is 5.67. The van der Waals surface area contributed by atoms with E-state index in [1.165, 1.54) is 0 Å². The number of aromatic nitrogens is 1. The summed E-state index contributed by atoms with van der Waals surface area (Å²) in [7, 11) is 2.01. The Morgan fingerprint density at radius 1 is 1.04 bits per heavy atom. The molecule has 0 unspecified atom stereocenters. The van der Waals surface area contributed by atoms with Crippen molar-refractivity contribution in [3.05, 3.63) is 71.9 Å². The van der Waals surface area contributed by atoms with Crippen LogP contribution < -0.4 is 4.90 Å². The zero-order valence-corrected chi connectivity index (χ0v) is 13.7. The molecule has 0 amide bonds. The Kier molecular flexibility index (Phi) is 4.88. The van der Waals surface area contributed by atoms with Crippen LogP contribution in [0.25, 0.3) is 23.1 Å².